The smallest absolute Gasteiger partial charge is 0.397 e. The fourth-order valence-electron chi connectivity index (χ4n) is 2.56. The van der Waals surface area contributed by atoms with E-state index < -0.39 is 18.1 Å². The predicted molar refractivity (Wildman–Crippen MR) is 96.8 cm³/mol. The summed E-state index contributed by atoms with van der Waals surface area (Å²) in [5, 5.41) is 4.34. The lowest BCUT2D eigenvalue weighted by molar-refractivity contribution is -0.148. The number of pyridine rings is 1. The van der Waals surface area contributed by atoms with E-state index in [0.717, 1.165) is 6.08 Å². The van der Waals surface area contributed by atoms with Crippen molar-refractivity contribution >= 4 is 34.6 Å². The molecular weight excluding hydrogens is 383 g/mol. The van der Waals surface area contributed by atoms with Crippen LogP contribution in [-0.4, -0.2) is 35.2 Å². The van der Waals surface area contributed by atoms with Crippen molar-refractivity contribution in [3.05, 3.63) is 58.9 Å². The van der Waals surface area contributed by atoms with E-state index in [9.17, 15) is 18.0 Å². The summed E-state index contributed by atoms with van der Waals surface area (Å²) in [6.07, 6.45) is -2.10. The molecule has 1 unspecified atom stereocenters. The Hall–Kier alpha value is -2.78. The molecule has 1 aromatic carbocycles. The maximum Gasteiger partial charge on any atom is 0.409 e. The van der Waals surface area contributed by atoms with Crippen molar-refractivity contribution in [3.63, 3.8) is 0 Å². The summed E-state index contributed by atoms with van der Waals surface area (Å²) >= 11 is 5.78. The number of carbonyl (C=O) groups excluding carboxylic acids is 1. The van der Waals surface area contributed by atoms with Crippen molar-refractivity contribution in [1.29, 1.82) is 0 Å². The molecule has 2 heterocycles. The Morgan fingerprint density at radius 2 is 2.00 bits per heavy atom. The zero-order valence-corrected chi connectivity index (χ0v) is 14.8. The standard InChI is InChI=1S/C17H15ClF3N5O/c1-26-13(7-14(25-26)17(19,20)21)15-12(22)6-11(8-23-15)24-16(27)9-2-4-10(18)5-3-9/h2-8,14,25H,22H2,1H3,(H,24,27). The number of hydrazine groups is 1. The maximum absolute atomic E-state index is 12.9. The van der Waals surface area contributed by atoms with Crippen molar-refractivity contribution in [2.75, 3.05) is 18.1 Å². The molecule has 0 radical (unpaired) electrons. The normalized spacial score (nSPS) is 17.0. The van der Waals surface area contributed by atoms with Crippen LogP contribution in [0.15, 0.2) is 42.6 Å². The Morgan fingerprint density at radius 3 is 2.56 bits per heavy atom. The summed E-state index contributed by atoms with van der Waals surface area (Å²) in [6.45, 7) is 0. The fourth-order valence-corrected chi connectivity index (χ4v) is 2.69. The van der Waals surface area contributed by atoms with Gasteiger partial charge in [-0.05, 0) is 36.4 Å². The van der Waals surface area contributed by atoms with Crippen LogP contribution in [0.2, 0.25) is 5.02 Å². The van der Waals surface area contributed by atoms with E-state index in [2.05, 4.69) is 15.7 Å². The number of rotatable bonds is 3. The lowest BCUT2D eigenvalue weighted by Crippen LogP contribution is -2.42. The van der Waals surface area contributed by atoms with Gasteiger partial charge in [-0.25, -0.2) is 5.43 Å². The molecule has 2 aromatic rings. The second-order valence-electron chi connectivity index (χ2n) is 5.88. The summed E-state index contributed by atoms with van der Waals surface area (Å²) in [5.41, 5.74) is 9.44. The first-order valence-electron chi connectivity index (χ1n) is 7.76. The van der Waals surface area contributed by atoms with Crippen LogP contribution < -0.4 is 16.5 Å². The number of nitrogens with zero attached hydrogens (tertiary/aromatic N) is 2. The van der Waals surface area contributed by atoms with Crippen LogP contribution in [0.4, 0.5) is 24.5 Å². The topological polar surface area (TPSA) is 83.3 Å². The van der Waals surface area contributed by atoms with E-state index in [0.29, 0.717) is 16.3 Å². The number of alkyl halides is 3. The molecular formula is C17H15ClF3N5O. The maximum atomic E-state index is 12.9. The highest BCUT2D eigenvalue weighted by molar-refractivity contribution is 6.30. The predicted octanol–water partition coefficient (Wildman–Crippen LogP) is 3.29. The van der Waals surface area contributed by atoms with Gasteiger partial charge in [-0.1, -0.05) is 11.6 Å². The van der Waals surface area contributed by atoms with E-state index in [4.69, 9.17) is 17.3 Å². The molecule has 1 aromatic heterocycles. The lowest BCUT2D eigenvalue weighted by atomic mass is 10.1. The van der Waals surface area contributed by atoms with Crippen molar-refractivity contribution in [2.45, 2.75) is 12.2 Å². The third-order valence-electron chi connectivity index (χ3n) is 3.90. The molecule has 0 saturated carbocycles. The van der Waals surface area contributed by atoms with Crippen LogP contribution in [0.25, 0.3) is 5.70 Å². The van der Waals surface area contributed by atoms with Gasteiger partial charge in [-0.2, -0.15) is 13.2 Å². The molecule has 1 aliphatic heterocycles. The third-order valence-corrected chi connectivity index (χ3v) is 4.15. The Labute approximate surface area is 157 Å². The minimum absolute atomic E-state index is 0.131. The first kappa shape index (κ1) is 19.0. The van der Waals surface area contributed by atoms with Gasteiger partial charge in [0.1, 0.15) is 11.7 Å². The highest BCUT2D eigenvalue weighted by atomic mass is 35.5. The number of halogens is 4. The summed E-state index contributed by atoms with van der Waals surface area (Å²) in [7, 11) is 1.44. The van der Waals surface area contributed by atoms with Crippen LogP contribution in [0.3, 0.4) is 0 Å². The number of anilines is 2. The van der Waals surface area contributed by atoms with Crippen LogP contribution in [0, 0.1) is 0 Å². The number of nitrogen functional groups attached to an aromatic ring is 1. The van der Waals surface area contributed by atoms with Gasteiger partial charge in [0.05, 0.1) is 23.3 Å². The number of hydrogen-bond acceptors (Lipinski definition) is 5. The van der Waals surface area contributed by atoms with Gasteiger partial charge in [0.25, 0.3) is 5.91 Å². The largest absolute Gasteiger partial charge is 0.409 e. The van der Waals surface area contributed by atoms with Gasteiger partial charge in [0.2, 0.25) is 0 Å². The van der Waals surface area contributed by atoms with E-state index in [1.54, 1.807) is 24.3 Å². The number of nitrogens with two attached hydrogens (primary N) is 1. The van der Waals surface area contributed by atoms with Crippen molar-refractivity contribution in [1.82, 2.24) is 15.4 Å². The van der Waals surface area contributed by atoms with E-state index in [1.807, 2.05) is 0 Å². The second-order valence-corrected chi connectivity index (χ2v) is 6.32. The minimum Gasteiger partial charge on any atom is -0.397 e. The van der Waals surface area contributed by atoms with Gasteiger partial charge in [0.15, 0.2) is 0 Å². The second kappa shape index (κ2) is 7.09. The Balaban J connectivity index is 1.80. The number of aromatic nitrogens is 1. The quantitative estimate of drug-likeness (QED) is 0.740. The molecule has 1 amide bonds. The van der Waals surface area contributed by atoms with Crippen molar-refractivity contribution < 1.29 is 18.0 Å². The summed E-state index contributed by atoms with van der Waals surface area (Å²) in [5.74, 6) is -0.392. The number of benzene rings is 1. The highest BCUT2D eigenvalue weighted by Crippen LogP contribution is 2.32. The first-order valence-corrected chi connectivity index (χ1v) is 8.14. The number of nitrogens with one attached hydrogen (secondary N) is 2. The molecule has 0 aliphatic carbocycles. The molecule has 3 rings (SSSR count). The highest BCUT2D eigenvalue weighted by Gasteiger charge is 2.43. The number of carbonyl (C=O) groups is 1. The van der Waals surface area contributed by atoms with Crippen LogP contribution in [0.1, 0.15) is 16.1 Å². The summed E-state index contributed by atoms with van der Waals surface area (Å²) in [6, 6.07) is 5.90. The molecule has 1 atom stereocenters. The molecule has 1 aliphatic rings. The average molecular weight is 398 g/mol. The summed E-state index contributed by atoms with van der Waals surface area (Å²) < 4.78 is 38.6. The number of hydrogen-bond donors (Lipinski definition) is 3. The SMILES string of the molecule is CN1NC(C(F)(F)F)C=C1c1ncc(NC(=O)c2ccc(Cl)cc2)cc1N. The van der Waals surface area contributed by atoms with E-state index in [1.165, 1.54) is 24.3 Å². The van der Waals surface area contributed by atoms with E-state index >= 15 is 0 Å². The molecule has 0 saturated heterocycles. The summed E-state index contributed by atoms with van der Waals surface area (Å²) in [4.78, 5) is 16.3. The molecule has 0 bridgehead atoms. The monoisotopic (exact) mass is 397 g/mol. The van der Waals surface area contributed by atoms with Crippen molar-refractivity contribution in [2.24, 2.45) is 0 Å². The minimum atomic E-state index is -4.43. The van der Waals surface area contributed by atoms with Crippen LogP contribution >= 0.6 is 11.6 Å². The third kappa shape index (κ3) is 4.15. The van der Waals surface area contributed by atoms with Gasteiger partial charge >= 0.3 is 6.18 Å². The van der Waals surface area contributed by atoms with E-state index in [-0.39, 0.29) is 17.1 Å². The molecule has 142 valence electrons. The zero-order chi connectivity index (χ0) is 19.8. The molecule has 6 nitrogen and oxygen atoms in total. The Morgan fingerprint density at radius 1 is 1.33 bits per heavy atom. The lowest BCUT2D eigenvalue weighted by Gasteiger charge is -2.20. The molecule has 27 heavy (non-hydrogen) atoms. The first-order chi connectivity index (χ1) is 12.6. The van der Waals surface area contributed by atoms with Gasteiger partial charge in [0, 0.05) is 17.6 Å². The fraction of sp³-hybridized carbons (Fsp3) is 0.176. The van der Waals surface area contributed by atoms with Gasteiger partial charge in [-0.3, -0.25) is 9.78 Å². The molecule has 0 spiro atoms. The molecule has 10 heteroatoms. The zero-order valence-electron chi connectivity index (χ0n) is 14.0. The van der Waals surface area contributed by atoms with Gasteiger partial charge in [-0.15, -0.1) is 0 Å². The van der Waals surface area contributed by atoms with Crippen LogP contribution in [-0.2, 0) is 0 Å². The Bertz CT molecular complexity index is 898. The Kier molecular flexibility index (Phi) is 4.99. The average Bonchev–Trinajstić information content (AvgIpc) is 2.97. The van der Waals surface area contributed by atoms with Gasteiger partial charge < -0.3 is 16.1 Å². The van der Waals surface area contributed by atoms with Crippen LogP contribution in [0.5, 0.6) is 0 Å². The number of amides is 1. The van der Waals surface area contributed by atoms with Crippen molar-refractivity contribution in [3.8, 4) is 0 Å². The molecule has 0 fully saturated rings. The molecule has 4 N–H and O–H groups in total.